The van der Waals surface area contributed by atoms with Gasteiger partial charge in [0.1, 0.15) is 5.60 Å². The third-order valence-electron chi connectivity index (χ3n) is 4.77. The van der Waals surface area contributed by atoms with E-state index in [1.807, 2.05) is 20.8 Å². The minimum atomic E-state index is -0.534. The number of aromatic nitrogens is 1. The number of hydrogen-bond donors (Lipinski definition) is 0. The first-order chi connectivity index (χ1) is 11.7. The molecule has 25 heavy (non-hydrogen) atoms. The first-order valence-electron chi connectivity index (χ1n) is 8.63. The molecule has 2 atom stereocenters. The lowest BCUT2D eigenvalue weighted by atomic mass is 9.90. The van der Waals surface area contributed by atoms with E-state index in [-0.39, 0.29) is 29.6 Å². The van der Waals surface area contributed by atoms with Crippen LogP contribution in [0, 0.1) is 0 Å². The number of ether oxygens (including phenoxy) is 1. The smallest absolute Gasteiger partial charge is 0.410 e. The maximum atomic E-state index is 12.8. The van der Waals surface area contributed by atoms with Crippen LogP contribution in [0.1, 0.15) is 44.0 Å². The van der Waals surface area contributed by atoms with E-state index in [4.69, 9.17) is 4.74 Å². The second-order valence-electron chi connectivity index (χ2n) is 7.84. The summed E-state index contributed by atoms with van der Waals surface area (Å²) in [6, 6.07) is 2.97. The summed E-state index contributed by atoms with van der Waals surface area (Å²) >= 11 is 0. The van der Waals surface area contributed by atoms with Crippen molar-refractivity contribution in [2.24, 2.45) is 7.05 Å². The number of aryl methyl sites for hydroxylation is 1. The Morgan fingerprint density at radius 1 is 1.12 bits per heavy atom. The molecule has 2 bridgehead atoms. The zero-order chi connectivity index (χ0) is 18.4. The number of piperazine rings is 1. The molecule has 3 saturated heterocycles. The second kappa shape index (κ2) is 6.20. The predicted molar refractivity (Wildman–Crippen MR) is 92.5 cm³/mol. The molecule has 0 radical (unpaired) electrons. The number of fused-ring (bicyclic) bond motifs is 3. The Morgan fingerprint density at radius 3 is 2.24 bits per heavy atom. The lowest BCUT2D eigenvalue weighted by Crippen LogP contribution is -2.65. The Balaban J connectivity index is 1.73. The van der Waals surface area contributed by atoms with E-state index in [9.17, 15) is 14.4 Å². The summed E-state index contributed by atoms with van der Waals surface area (Å²) in [5.74, 6) is -0.142. The van der Waals surface area contributed by atoms with Crippen molar-refractivity contribution in [1.82, 2.24) is 14.4 Å². The molecular formula is C18H25N3O4. The maximum Gasteiger partial charge on any atom is 0.410 e. The maximum absolute atomic E-state index is 12.8. The van der Waals surface area contributed by atoms with Gasteiger partial charge in [0.15, 0.2) is 0 Å². The highest BCUT2D eigenvalue weighted by atomic mass is 16.6. The lowest BCUT2D eigenvalue weighted by molar-refractivity contribution is -0.0341. The molecule has 0 aromatic carbocycles. The SMILES string of the molecule is Cn1ccc(C(=O)N2C[C@H]3CC[C@H]2CN3C(=O)OC(C)(C)C)cc1=O. The lowest BCUT2D eigenvalue weighted by Gasteiger charge is -2.51. The molecule has 2 amide bonds. The third-order valence-corrected chi connectivity index (χ3v) is 4.77. The predicted octanol–water partition coefficient (Wildman–Crippen LogP) is 1.61. The van der Waals surface area contributed by atoms with Crippen LogP contribution in [0.4, 0.5) is 4.79 Å². The molecule has 4 heterocycles. The average Bonchev–Trinajstić information content (AvgIpc) is 2.55. The summed E-state index contributed by atoms with van der Waals surface area (Å²) in [6.07, 6.45) is 3.01. The molecule has 7 heteroatoms. The molecule has 1 aromatic rings. The van der Waals surface area contributed by atoms with Crippen molar-refractivity contribution < 1.29 is 14.3 Å². The molecule has 3 aliphatic heterocycles. The number of nitrogens with zero attached hydrogens (tertiary/aromatic N) is 3. The molecule has 0 N–H and O–H groups in total. The van der Waals surface area contributed by atoms with Gasteiger partial charge in [-0.25, -0.2) is 4.79 Å². The van der Waals surface area contributed by atoms with Crippen LogP contribution in [0.5, 0.6) is 0 Å². The number of carbonyl (C=O) groups excluding carboxylic acids is 2. The molecule has 0 spiro atoms. The van der Waals surface area contributed by atoms with Crippen molar-refractivity contribution >= 4 is 12.0 Å². The standard InChI is InChI=1S/C18H25N3O4/c1-18(2,3)25-17(24)21-11-13-5-6-14(21)10-20(13)16(23)12-7-8-19(4)15(22)9-12/h7-9,13-14H,5-6,10-11H2,1-4H3/t13-,14+/m0/s1. The van der Waals surface area contributed by atoms with Gasteiger partial charge in [0, 0.05) is 44.0 Å². The van der Waals surface area contributed by atoms with Crippen LogP contribution in [-0.4, -0.2) is 57.1 Å². The fraction of sp³-hybridized carbons (Fsp3) is 0.611. The van der Waals surface area contributed by atoms with Gasteiger partial charge in [-0.1, -0.05) is 0 Å². The van der Waals surface area contributed by atoms with Crippen LogP contribution in [0.3, 0.4) is 0 Å². The molecule has 3 fully saturated rings. The van der Waals surface area contributed by atoms with Crippen molar-refractivity contribution in [3.63, 3.8) is 0 Å². The van der Waals surface area contributed by atoms with Crippen LogP contribution >= 0.6 is 0 Å². The molecule has 136 valence electrons. The van der Waals surface area contributed by atoms with Crippen LogP contribution in [-0.2, 0) is 11.8 Å². The number of hydrogen-bond acceptors (Lipinski definition) is 4. The van der Waals surface area contributed by atoms with Crippen molar-refractivity contribution in [2.45, 2.75) is 51.3 Å². The van der Waals surface area contributed by atoms with Crippen molar-refractivity contribution in [1.29, 1.82) is 0 Å². The topological polar surface area (TPSA) is 71.8 Å². The quantitative estimate of drug-likeness (QED) is 0.774. The monoisotopic (exact) mass is 347 g/mol. The van der Waals surface area contributed by atoms with E-state index in [0.29, 0.717) is 18.7 Å². The van der Waals surface area contributed by atoms with E-state index in [1.54, 1.807) is 29.1 Å². The van der Waals surface area contributed by atoms with Crippen LogP contribution in [0.15, 0.2) is 23.1 Å². The summed E-state index contributed by atoms with van der Waals surface area (Å²) in [4.78, 5) is 40.5. The van der Waals surface area contributed by atoms with E-state index in [1.165, 1.54) is 10.6 Å². The van der Waals surface area contributed by atoms with Gasteiger partial charge in [-0.2, -0.15) is 0 Å². The third kappa shape index (κ3) is 3.55. The Bertz CT molecular complexity index is 749. The molecule has 0 unspecified atom stereocenters. The highest BCUT2D eigenvalue weighted by Crippen LogP contribution is 2.31. The minimum Gasteiger partial charge on any atom is -0.444 e. The summed E-state index contributed by atoms with van der Waals surface area (Å²) < 4.78 is 6.91. The van der Waals surface area contributed by atoms with Crippen LogP contribution in [0.25, 0.3) is 0 Å². The molecule has 7 nitrogen and oxygen atoms in total. The number of rotatable bonds is 1. The van der Waals surface area contributed by atoms with Gasteiger partial charge in [-0.3, -0.25) is 9.59 Å². The molecule has 0 aliphatic carbocycles. The van der Waals surface area contributed by atoms with Gasteiger partial charge >= 0.3 is 6.09 Å². The fourth-order valence-corrected chi connectivity index (χ4v) is 3.47. The van der Waals surface area contributed by atoms with Crippen molar-refractivity contribution in [2.75, 3.05) is 13.1 Å². The summed E-state index contributed by atoms with van der Waals surface area (Å²) in [7, 11) is 1.65. The van der Waals surface area contributed by atoms with Crippen LogP contribution in [0.2, 0.25) is 0 Å². The van der Waals surface area contributed by atoms with E-state index in [0.717, 1.165) is 12.8 Å². The molecule has 4 rings (SSSR count). The molecule has 0 saturated carbocycles. The van der Waals surface area contributed by atoms with Crippen molar-refractivity contribution in [3.8, 4) is 0 Å². The molecular weight excluding hydrogens is 322 g/mol. The molecule has 1 aromatic heterocycles. The fourth-order valence-electron chi connectivity index (χ4n) is 3.47. The van der Waals surface area contributed by atoms with Gasteiger partial charge in [-0.15, -0.1) is 0 Å². The van der Waals surface area contributed by atoms with E-state index in [2.05, 4.69) is 0 Å². The first kappa shape index (κ1) is 17.5. The Kier molecular flexibility index (Phi) is 4.34. The zero-order valence-corrected chi connectivity index (χ0v) is 15.2. The summed E-state index contributed by atoms with van der Waals surface area (Å²) in [6.45, 7) is 6.50. The van der Waals surface area contributed by atoms with Crippen LogP contribution < -0.4 is 5.56 Å². The van der Waals surface area contributed by atoms with Gasteiger partial charge in [-0.05, 0) is 39.7 Å². The van der Waals surface area contributed by atoms with Gasteiger partial charge in [0.05, 0.1) is 6.04 Å². The highest BCUT2D eigenvalue weighted by Gasteiger charge is 2.44. The zero-order valence-electron chi connectivity index (χ0n) is 15.2. The van der Waals surface area contributed by atoms with Gasteiger partial charge in [0.2, 0.25) is 0 Å². The molecule has 3 aliphatic rings. The number of pyridine rings is 1. The van der Waals surface area contributed by atoms with Gasteiger partial charge < -0.3 is 19.1 Å². The summed E-state index contributed by atoms with van der Waals surface area (Å²) in [5, 5.41) is 0. The number of piperidine rings is 2. The second-order valence-corrected chi connectivity index (χ2v) is 7.84. The number of carbonyl (C=O) groups is 2. The summed E-state index contributed by atoms with van der Waals surface area (Å²) in [5.41, 5.74) is -0.337. The highest BCUT2D eigenvalue weighted by molar-refractivity contribution is 5.94. The Hall–Kier alpha value is -2.31. The largest absolute Gasteiger partial charge is 0.444 e. The first-order valence-corrected chi connectivity index (χ1v) is 8.63. The van der Waals surface area contributed by atoms with Gasteiger partial charge in [0.25, 0.3) is 11.5 Å². The minimum absolute atomic E-state index is 0.0321. The number of amides is 2. The normalized spacial score (nSPS) is 22.9. The van der Waals surface area contributed by atoms with Crippen molar-refractivity contribution in [3.05, 3.63) is 34.2 Å². The van der Waals surface area contributed by atoms with E-state index >= 15 is 0 Å². The average molecular weight is 347 g/mol. The van der Waals surface area contributed by atoms with E-state index < -0.39 is 5.60 Å². The Morgan fingerprint density at radius 2 is 1.72 bits per heavy atom. The Labute approximate surface area is 147 Å².